The molecule has 1 aliphatic rings. The first-order valence-corrected chi connectivity index (χ1v) is 11.7. The molecule has 2 N–H and O–H groups in total. The molecule has 0 fully saturated rings. The molecule has 0 saturated heterocycles. The molecule has 0 aliphatic carbocycles. The summed E-state index contributed by atoms with van der Waals surface area (Å²) in [4.78, 5) is 11.7. The van der Waals surface area contributed by atoms with Gasteiger partial charge >= 0.3 is 0 Å². The molecule has 3 heterocycles. The van der Waals surface area contributed by atoms with E-state index in [1.165, 1.54) is 57.1 Å². The second kappa shape index (κ2) is 13.3. The van der Waals surface area contributed by atoms with Crippen LogP contribution in [0.25, 0.3) is 17.5 Å². The van der Waals surface area contributed by atoms with E-state index in [1.807, 2.05) is 6.92 Å². The van der Waals surface area contributed by atoms with Gasteiger partial charge in [-0.25, -0.2) is 0 Å². The average molecular weight is 444 g/mol. The maximum atomic E-state index is 5.85. The first-order valence-electron chi connectivity index (χ1n) is 11.7. The van der Waals surface area contributed by atoms with Crippen LogP contribution in [0.5, 0.6) is 5.75 Å². The first kappa shape index (κ1) is 25.1. The van der Waals surface area contributed by atoms with E-state index >= 15 is 0 Å². The lowest BCUT2D eigenvalue weighted by Gasteiger charge is -2.02. The number of hydrogen-bond acceptors (Lipinski definition) is 2. The topological polar surface area (TPSA) is 53.2 Å². The number of H-pyrrole nitrogens is 2. The zero-order valence-electron chi connectivity index (χ0n) is 19.3. The maximum Gasteiger partial charge on any atom is 0.144 e. The Morgan fingerprint density at radius 3 is 2.32 bits per heavy atom. The van der Waals surface area contributed by atoms with Crippen molar-refractivity contribution < 1.29 is 4.74 Å². The summed E-state index contributed by atoms with van der Waals surface area (Å²) in [6.07, 6.45) is 18.2. The van der Waals surface area contributed by atoms with E-state index in [0.29, 0.717) is 6.61 Å². The molecular weight excluding hydrogens is 406 g/mol. The number of aromatic nitrogens is 2. The van der Waals surface area contributed by atoms with Gasteiger partial charge in [0.2, 0.25) is 0 Å². The van der Waals surface area contributed by atoms with Crippen molar-refractivity contribution in [2.75, 3.05) is 6.61 Å². The van der Waals surface area contributed by atoms with Crippen LogP contribution < -0.4 is 4.74 Å². The number of aromatic amines is 2. The molecule has 0 saturated carbocycles. The molecule has 0 bridgehead atoms. The van der Waals surface area contributed by atoms with Gasteiger partial charge in [0.15, 0.2) is 0 Å². The average Bonchev–Trinajstić information content (AvgIpc) is 3.46. The molecule has 3 rings (SSSR count). The Balaban J connectivity index is 0.00000341. The van der Waals surface area contributed by atoms with Crippen molar-refractivity contribution in [1.82, 2.24) is 9.97 Å². The van der Waals surface area contributed by atoms with Crippen molar-refractivity contribution in [2.24, 2.45) is 4.99 Å². The minimum atomic E-state index is 0. The maximum absolute atomic E-state index is 5.85. The van der Waals surface area contributed by atoms with Crippen molar-refractivity contribution in [3.8, 4) is 17.1 Å². The SMILES string of the molecule is CCCCCCCCCCC1=NC(=Cc2[nH]c(-c3ccc(C)[nH]3)cc2OCC)C=C1.Cl. The molecule has 5 heteroatoms. The minimum Gasteiger partial charge on any atom is -0.492 e. The Labute approximate surface area is 193 Å². The van der Waals surface area contributed by atoms with E-state index < -0.39 is 0 Å². The van der Waals surface area contributed by atoms with Gasteiger partial charge in [-0.2, -0.15) is 0 Å². The fourth-order valence-electron chi connectivity index (χ4n) is 3.87. The summed E-state index contributed by atoms with van der Waals surface area (Å²) in [6, 6.07) is 6.23. The molecule has 0 unspecified atom stereocenters. The van der Waals surface area contributed by atoms with Crippen LogP contribution in [0.15, 0.2) is 41.0 Å². The standard InChI is InChI=1S/C26H37N3O.ClH/c1-4-6-7-8-9-10-11-12-13-21-15-16-22(28-21)18-25-26(30-5-2)19-24(29-25)23-17-14-20(3)27-23;/h14-19,27,29H,4-13H2,1-3H3;1H. The van der Waals surface area contributed by atoms with Crippen LogP contribution >= 0.6 is 12.4 Å². The largest absolute Gasteiger partial charge is 0.492 e. The first-order chi connectivity index (χ1) is 14.7. The van der Waals surface area contributed by atoms with Crippen molar-refractivity contribution in [3.63, 3.8) is 0 Å². The molecule has 2 aromatic heterocycles. The molecule has 1 aliphatic heterocycles. The number of rotatable bonds is 13. The Morgan fingerprint density at radius 2 is 1.65 bits per heavy atom. The smallest absolute Gasteiger partial charge is 0.144 e. The van der Waals surface area contributed by atoms with Crippen molar-refractivity contribution >= 4 is 24.2 Å². The van der Waals surface area contributed by atoms with Crippen LogP contribution in [0, 0.1) is 6.92 Å². The van der Waals surface area contributed by atoms with E-state index in [4.69, 9.17) is 9.73 Å². The monoisotopic (exact) mass is 443 g/mol. The quantitative estimate of drug-likeness (QED) is 0.302. The number of aryl methyl sites for hydroxylation is 1. The number of halogens is 1. The van der Waals surface area contributed by atoms with Crippen LogP contribution in [0.1, 0.15) is 83.0 Å². The highest BCUT2D eigenvalue weighted by molar-refractivity contribution is 5.99. The van der Waals surface area contributed by atoms with Gasteiger partial charge in [-0.3, -0.25) is 4.99 Å². The molecule has 0 atom stereocenters. The zero-order chi connectivity index (χ0) is 21.2. The third-order valence-electron chi connectivity index (χ3n) is 5.53. The molecule has 0 spiro atoms. The number of hydrogen-bond donors (Lipinski definition) is 2. The predicted octanol–water partition coefficient (Wildman–Crippen LogP) is 8.02. The van der Waals surface area contributed by atoms with Gasteiger partial charge in [0.1, 0.15) is 5.75 Å². The molecule has 2 aromatic rings. The molecule has 0 radical (unpaired) electrons. The summed E-state index contributed by atoms with van der Waals surface area (Å²) in [6.45, 7) is 6.98. The Morgan fingerprint density at radius 1 is 0.903 bits per heavy atom. The van der Waals surface area contributed by atoms with Crippen LogP contribution in [0.2, 0.25) is 0 Å². The highest BCUT2D eigenvalue weighted by Crippen LogP contribution is 2.29. The number of ether oxygens (including phenoxy) is 1. The van der Waals surface area contributed by atoms with E-state index in [2.05, 4.69) is 60.2 Å². The molecule has 4 nitrogen and oxygen atoms in total. The summed E-state index contributed by atoms with van der Waals surface area (Å²) in [5.41, 5.74) is 6.39. The number of nitrogens with zero attached hydrogens (tertiary/aromatic N) is 1. The second-order valence-corrected chi connectivity index (χ2v) is 8.18. The van der Waals surface area contributed by atoms with Gasteiger partial charge in [0.25, 0.3) is 0 Å². The summed E-state index contributed by atoms with van der Waals surface area (Å²) >= 11 is 0. The fraction of sp³-hybridized carbons (Fsp3) is 0.500. The van der Waals surface area contributed by atoms with Crippen molar-refractivity contribution in [2.45, 2.75) is 78.6 Å². The Bertz CT molecular complexity index is 888. The molecule has 0 amide bonds. The van der Waals surface area contributed by atoms with Gasteiger partial charge in [-0.1, -0.05) is 51.9 Å². The van der Waals surface area contributed by atoms with Crippen LogP contribution in [-0.4, -0.2) is 22.3 Å². The zero-order valence-corrected chi connectivity index (χ0v) is 20.1. The van der Waals surface area contributed by atoms with Gasteiger partial charge in [0.05, 0.1) is 29.4 Å². The van der Waals surface area contributed by atoms with Gasteiger partial charge in [-0.05, 0) is 57.0 Å². The summed E-state index contributed by atoms with van der Waals surface area (Å²) < 4.78 is 5.85. The predicted molar refractivity (Wildman–Crippen MR) is 136 cm³/mol. The fourth-order valence-corrected chi connectivity index (χ4v) is 3.87. The molecule has 31 heavy (non-hydrogen) atoms. The number of allylic oxidation sites excluding steroid dienone is 2. The van der Waals surface area contributed by atoms with Gasteiger partial charge in [0, 0.05) is 17.5 Å². The highest BCUT2D eigenvalue weighted by Gasteiger charge is 2.12. The van der Waals surface area contributed by atoms with Crippen LogP contribution in [0.4, 0.5) is 0 Å². The summed E-state index contributed by atoms with van der Waals surface area (Å²) in [7, 11) is 0. The van der Waals surface area contributed by atoms with E-state index in [1.54, 1.807) is 0 Å². The van der Waals surface area contributed by atoms with Crippen molar-refractivity contribution in [3.05, 3.63) is 47.4 Å². The van der Waals surface area contributed by atoms with Gasteiger partial charge < -0.3 is 14.7 Å². The molecular formula is C26H38ClN3O. The van der Waals surface area contributed by atoms with Crippen LogP contribution in [-0.2, 0) is 0 Å². The van der Waals surface area contributed by atoms with E-state index in [0.717, 1.165) is 40.6 Å². The summed E-state index contributed by atoms with van der Waals surface area (Å²) in [5.74, 6) is 0.868. The summed E-state index contributed by atoms with van der Waals surface area (Å²) in [5, 5.41) is 0. The number of aliphatic imine (C=N–C) groups is 1. The van der Waals surface area contributed by atoms with E-state index in [9.17, 15) is 0 Å². The highest BCUT2D eigenvalue weighted by atomic mass is 35.5. The van der Waals surface area contributed by atoms with Crippen molar-refractivity contribution in [1.29, 1.82) is 0 Å². The Kier molecular flexibility index (Phi) is 10.7. The Hall–Kier alpha value is -2.20. The third kappa shape index (κ3) is 7.77. The lowest BCUT2D eigenvalue weighted by molar-refractivity contribution is 0.340. The minimum absolute atomic E-state index is 0. The lowest BCUT2D eigenvalue weighted by atomic mass is 10.1. The second-order valence-electron chi connectivity index (χ2n) is 8.18. The van der Waals surface area contributed by atoms with Crippen LogP contribution in [0.3, 0.4) is 0 Å². The molecule has 0 aromatic carbocycles. The normalized spacial score (nSPS) is 14.2. The third-order valence-corrected chi connectivity index (χ3v) is 5.53. The number of nitrogens with one attached hydrogen (secondary N) is 2. The van der Waals surface area contributed by atoms with E-state index in [-0.39, 0.29) is 12.4 Å². The van der Waals surface area contributed by atoms with Gasteiger partial charge in [-0.15, -0.1) is 12.4 Å². The lowest BCUT2D eigenvalue weighted by Crippen LogP contribution is -1.92. The number of unbranched alkanes of at least 4 members (excludes halogenated alkanes) is 7. The molecule has 170 valence electrons.